The Balaban J connectivity index is 2.12. The highest BCUT2D eigenvalue weighted by Crippen LogP contribution is 2.30. The Morgan fingerprint density at radius 1 is 1.10 bits per heavy atom. The summed E-state index contributed by atoms with van der Waals surface area (Å²) in [6.45, 7) is 2.07. The molecule has 4 N–H and O–H groups in total. The van der Waals surface area contributed by atoms with Gasteiger partial charge < -0.3 is 11.5 Å². The monoisotopic (exact) mass is 282 g/mol. The van der Waals surface area contributed by atoms with E-state index in [1.54, 1.807) is 35.7 Å². The first-order chi connectivity index (χ1) is 9.65. The lowest BCUT2D eigenvalue weighted by Gasteiger charge is -2.07. The van der Waals surface area contributed by atoms with Gasteiger partial charge in [0.1, 0.15) is 0 Å². The van der Waals surface area contributed by atoms with Crippen molar-refractivity contribution in [1.29, 1.82) is 0 Å². The Hall–Kier alpha value is -2.40. The van der Waals surface area contributed by atoms with Crippen LogP contribution in [0.3, 0.4) is 0 Å². The van der Waals surface area contributed by atoms with Crippen molar-refractivity contribution in [2.45, 2.75) is 6.92 Å². The predicted molar refractivity (Wildman–Crippen MR) is 84.3 cm³/mol. The molecule has 100 valence electrons. The number of nitrogen functional groups attached to an aromatic ring is 2. The number of rotatable bonds is 2. The van der Waals surface area contributed by atoms with E-state index in [0.29, 0.717) is 17.2 Å². The van der Waals surface area contributed by atoms with Crippen molar-refractivity contribution in [2.75, 3.05) is 11.5 Å². The number of hydrogen-bond acceptors (Lipinski definition) is 5. The number of nitrogens with zero attached hydrogens (tertiary/aromatic N) is 2. The Labute approximate surface area is 121 Å². The zero-order chi connectivity index (χ0) is 14.1. The average Bonchev–Trinajstić information content (AvgIpc) is 2.88. The minimum Gasteiger partial charge on any atom is -0.399 e. The highest BCUT2D eigenvalue weighted by molar-refractivity contribution is 7.13. The van der Waals surface area contributed by atoms with Gasteiger partial charge in [0, 0.05) is 23.1 Å². The number of nitrogens with two attached hydrogens (primary N) is 2. The summed E-state index contributed by atoms with van der Waals surface area (Å²) in [5.74, 6) is 0.597. The molecule has 0 bridgehead atoms. The first-order valence-corrected chi connectivity index (χ1v) is 7.06. The van der Waals surface area contributed by atoms with Gasteiger partial charge >= 0.3 is 0 Å². The molecule has 3 aromatic rings. The van der Waals surface area contributed by atoms with Crippen LogP contribution in [0, 0.1) is 6.92 Å². The molecule has 0 saturated carbocycles. The molecule has 0 spiro atoms. The fourth-order valence-electron chi connectivity index (χ4n) is 2.02. The molecule has 1 aromatic carbocycles. The first kappa shape index (κ1) is 12.6. The topological polar surface area (TPSA) is 77.8 Å². The minimum atomic E-state index is 0.597. The van der Waals surface area contributed by atoms with Crippen molar-refractivity contribution < 1.29 is 0 Å². The molecule has 20 heavy (non-hydrogen) atoms. The van der Waals surface area contributed by atoms with Gasteiger partial charge in [0.2, 0.25) is 0 Å². The van der Waals surface area contributed by atoms with Crippen LogP contribution in [0.2, 0.25) is 0 Å². The second-order valence-corrected chi connectivity index (χ2v) is 5.46. The summed E-state index contributed by atoms with van der Waals surface area (Å²) in [6, 6.07) is 9.33. The molecule has 0 amide bonds. The molecule has 0 radical (unpaired) electrons. The highest BCUT2D eigenvalue weighted by Gasteiger charge is 2.10. The maximum atomic E-state index is 5.99. The summed E-state index contributed by atoms with van der Waals surface area (Å²) in [6.07, 6.45) is 1.75. The van der Waals surface area contributed by atoms with Gasteiger partial charge in [0.05, 0.1) is 10.6 Å². The standard InChI is InChI=1S/C15H14N4S/c1-9-5-7-20-14(9)13-4-6-18-15(19-13)11-8-10(16)2-3-12(11)17/h2-8H,16-17H2,1H3. The fraction of sp³-hybridized carbons (Fsp3) is 0.0667. The molecular weight excluding hydrogens is 268 g/mol. The number of thiophene rings is 1. The van der Waals surface area contributed by atoms with Gasteiger partial charge in [-0.3, -0.25) is 0 Å². The molecule has 2 heterocycles. The van der Waals surface area contributed by atoms with E-state index >= 15 is 0 Å². The number of benzene rings is 1. The lowest BCUT2D eigenvalue weighted by molar-refractivity contribution is 1.18. The third-order valence-electron chi connectivity index (χ3n) is 3.07. The quantitative estimate of drug-likeness (QED) is 0.707. The highest BCUT2D eigenvalue weighted by atomic mass is 32.1. The van der Waals surface area contributed by atoms with Gasteiger partial charge in [0.25, 0.3) is 0 Å². The predicted octanol–water partition coefficient (Wildman–Crippen LogP) is 3.34. The summed E-state index contributed by atoms with van der Waals surface area (Å²) >= 11 is 1.67. The molecule has 0 saturated heterocycles. The van der Waals surface area contributed by atoms with E-state index in [2.05, 4.69) is 28.3 Å². The van der Waals surface area contributed by atoms with Crippen LogP contribution in [-0.4, -0.2) is 9.97 Å². The maximum absolute atomic E-state index is 5.99. The van der Waals surface area contributed by atoms with Gasteiger partial charge in [-0.05, 0) is 48.2 Å². The molecule has 5 heteroatoms. The molecule has 0 atom stereocenters. The third-order valence-corrected chi connectivity index (χ3v) is 4.11. The number of aryl methyl sites for hydroxylation is 1. The van der Waals surface area contributed by atoms with Gasteiger partial charge in [0.15, 0.2) is 5.82 Å². The summed E-state index contributed by atoms with van der Waals surface area (Å²) in [5.41, 5.74) is 16.0. The summed E-state index contributed by atoms with van der Waals surface area (Å²) < 4.78 is 0. The number of anilines is 2. The Morgan fingerprint density at radius 2 is 1.95 bits per heavy atom. The van der Waals surface area contributed by atoms with E-state index in [1.165, 1.54) is 5.56 Å². The van der Waals surface area contributed by atoms with E-state index in [1.807, 2.05) is 6.07 Å². The average molecular weight is 282 g/mol. The normalized spacial score (nSPS) is 10.7. The second-order valence-electron chi connectivity index (χ2n) is 4.54. The van der Waals surface area contributed by atoms with E-state index in [9.17, 15) is 0 Å². The van der Waals surface area contributed by atoms with Crippen LogP contribution in [0.25, 0.3) is 22.0 Å². The molecule has 2 aromatic heterocycles. The number of hydrogen-bond donors (Lipinski definition) is 2. The molecule has 0 unspecified atom stereocenters. The van der Waals surface area contributed by atoms with Crippen LogP contribution in [0.5, 0.6) is 0 Å². The van der Waals surface area contributed by atoms with Crippen molar-refractivity contribution in [1.82, 2.24) is 9.97 Å². The fourth-order valence-corrected chi connectivity index (χ4v) is 2.91. The summed E-state index contributed by atoms with van der Waals surface area (Å²) in [7, 11) is 0. The van der Waals surface area contributed by atoms with Crippen molar-refractivity contribution in [3.63, 3.8) is 0 Å². The van der Waals surface area contributed by atoms with E-state index < -0.39 is 0 Å². The molecule has 3 rings (SSSR count). The largest absolute Gasteiger partial charge is 0.399 e. The van der Waals surface area contributed by atoms with E-state index in [0.717, 1.165) is 16.1 Å². The van der Waals surface area contributed by atoms with Gasteiger partial charge in [-0.2, -0.15) is 0 Å². The van der Waals surface area contributed by atoms with E-state index in [-0.39, 0.29) is 0 Å². The van der Waals surface area contributed by atoms with Crippen molar-refractivity contribution >= 4 is 22.7 Å². The molecule has 4 nitrogen and oxygen atoms in total. The third kappa shape index (κ3) is 2.23. The van der Waals surface area contributed by atoms with Crippen LogP contribution in [0.15, 0.2) is 41.9 Å². The van der Waals surface area contributed by atoms with Gasteiger partial charge in [-0.25, -0.2) is 9.97 Å². The Morgan fingerprint density at radius 3 is 2.70 bits per heavy atom. The number of aromatic nitrogens is 2. The van der Waals surface area contributed by atoms with Crippen molar-refractivity contribution in [2.24, 2.45) is 0 Å². The molecular formula is C15H14N4S. The van der Waals surface area contributed by atoms with Crippen LogP contribution in [0.4, 0.5) is 11.4 Å². The SMILES string of the molecule is Cc1ccsc1-c1ccnc(-c2cc(N)ccc2N)n1. The zero-order valence-corrected chi connectivity index (χ0v) is 11.8. The Kier molecular flexibility index (Phi) is 3.12. The smallest absolute Gasteiger partial charge is 0.161 e. The van der Waals surface area contributed by atoms with Crippen molar-refractivity contribution in [3.8, 4) is 22.0 Å². The van der Waals surface area contributed by atoms with Crippen LogP contribution < -0.4 is 11.5 Å². The van der Waals surface area contributed by atoms with E-state index in [4.69, 9.17) is 11.5 Å². The molecule has 0 aliphatic carbocycles. The molecule has 0 fully saturated rings. The second kappa shape index (κ2) is 4.94. The van der Waals surface area contributed by atoms with Crippen LogP contribution >= 0.6 is 11.3 Å². The lowest BCUT2D eigenvalue weighted by atomic mass is 10.1. The van der Waals surface area contributed by atoms with Gasteiger partial charge in [-0.1, -0.05) is 0 Å². The molecule has 0 aliphatic rings. The Bertz CT molecular complexity index is 764. The summed E-state index contributed by atoms with van der Waals surface area (Å²) in [5, 5.41) is 2.06. The minimum absolute atomic E-state index is 0.597. The first-order valence-electron chi connectivity index (χ1n) is 6.18. The van der Waals surface area contributed by atoms with Crippen LogP contribution in [0.1, 0.15) is 5.56 Å². The maximum Gasteiger partial charge on any atom is 0.161 e. The molecule has 0 aliphatic heterocycles. The zero-order valence-electron chi connectivity index (χ0n) is 11.0. The van der Waals surface area contributed by atoms with Gasteiger partial charge in [-0.15, -0.1) is 11.3 Å². The van der Waals surface area contributed by atoms with Crippen molar-refractivity contribution in [3.05, 3.63) is 47.5 Å². The van der Waals surface area contributed by atoms with Crippen LogP contribution in [-0.2, 0) is 0 Å². The lowest BCUT2D eigenvalue weighted by Crippen LogP contribution is -1.97. The summed E-state index contributed by atoms with van der Waals surface area (Å²) in [4.78, 5) is 10.1.